The first-order valence-electron chi connectivity index (χ1n) is 12.8. The first-order chi connectivity index (χ1) is 17.6. The fourth-order valence-corrected chi connectivity index (χ4v) is 7.17. The molecule has 1 fully saturated rings. The average Bonchev–Trinajstić information content (AvgIpc) is 3.50. The zero-order valence-electron chi connectivity index (χ0n) is 21.7. The number of thiophene rings is 1. The first-order valence-corrected chi connectivity index (χ1v) is 14.7. The molecule has 3 aromatic rings. The molecule has 2 aliphatic rings. The predicted octanol–water partition coefficient (Wildman–Crippen LogP) is 5.80. The van der Waals surface area contributed by atoms with Crippen LogP contribution in [0.15, 0.2) is 41.8 Å². The van der Waals surface area contributed by atoms with Crippen molar-refractivity contribution in [3.63, 3.8) is 0 Å². The lowest BCUT2D eigenvalue weighted by Gasteiger charge is -2.32. The van der Waals surface area contributed by atoms with Gasteiger partial charge in [0.05, 0.1) is 22.4 Å². The number of nitrogens with zero attached hydrogens (tertiary/aromatic N) is 4. The summed E-state index contributed by atoms with van der Waals surface area (Å²) in [7, 11) is 0. The van der Waals surface area contributed by atoms with Crippen molar-refractivity contribution in [3.05, 3.63) is 63.7 Å². The van der Waals surface area contributed by atoms with E-state index in [0.717, 1.165) is 29.0 Å². The topological polar surface area (TPSA) is 58.4 Å². The number of piperidine rings is 1. The molecule has 196 valence electrons. The van der Waals surface area contributed by atoms with Gasteiger partial charge < -0.3 is 4.90 Å². The second-order valence-corrected chi connectivity index (χ2v) is 13.0. The van der Waals surface area contributed by atoms with E-state index < -0.39 is 0 Å². The molecule has 2 aromatic heterocycles. The summed E-state index contributed by atoms with van der Waals surface area (Å²) in [6.45, 7) is 9.93. The number of anilines is 1. The molecule has 2 amide bonds. The van der Waals surface area contributed by atoms with Crippen molar-refractivity contribution < 1.29 is 14.0 Å². The smallest absolute Gasteiger partial charge is 0.242 e. The van der Waals surface area contributed by atoms with Crippen LogP contribution in [-0.2, 0) is 15.0 Å². The molecule has 1 aromatic carbocycles. The molecule has 0 spiro atoms. The third kappa shape index (κ3) is 5.21. The van der Waals surface area contributed by atoms with Crippen LogP contribution in [0.1, 0.15) is 61.9 Å². The van der Waals surface area contributed by atoms with E-state index >= 15 is 0 Å². The lowest BCUT2D eigenvalue weighted by Crippen LogP contribution is -2.46. The van der Waals surface area contributed by atoms with Gasteiger partial charge in [-0.3, -0.25) is 14.5 Å². The second kappa shape index (κ2) is 10.3. The predicted molar refractivity (Wildman–Crippen MR) is 148 cm³/mol. The lowest BCUT2D eigenvalue weighted by atomic mass is 9.88. The van der Waals surface area contributed by atoms with Crippen LogP contribution >= 0.6 is 23.1 Å². The van der Waals surface area contributed by atoms with Crippen LogP contribution in [0.4, 0.5) is 10.2 Å². The SMILES string of the molecule is CC1CCN(C(=O)CN2C(=O)CS[C@H](c3cccs3)c3c(C(C)(C)C)nn(-c4ccc(F)cc4)c32)CC1. The molecule has 1 atom stereocenters. The highest BCUT2D eigenvalue weighted by atomic mass is 32.2. The Kier molecular flexibility index (Phi) is 7.20. The van der Waals surface area contributed by atoms with Crippen LogP contribution in [-0.4, -0.2) is 51.9 Å². The molecule has 0 radical (unpaired) electrons. The molecule has 4 heterocycles. The molecule has 5 rings (SSSR count). The van der Waals surface area contributed by atoms with Gasteiger partial charge in [-0.15, -0.1) is 23.1 Å². The van der Waals surface area contributed by atoms with E-state index in [1.54, 1.807) is 44.8 Å². The number of aromatic nitrogens is 2. The molecule has 0 aliphatic carbocycles. The van der Waals surface area contributed by atoms with Gasteiger partial charge in [0, 0.05) is 28.9 Å². The monoisotopic (exact) mass is 540 g/mol. The van der Waals surface area contributed by atoms with Gasteiger partial charge in [0.25, 0.3) is 0 Å². The summed E-state index contributed by atoms with van der Waals surface area (Å²) in [4.78, 5) is 31.8. The molecule has 0 unspecified atom stereocenters. The highest BCUT2D eigenvalue weighted by molar-refractivity contribution is 8.00. The third-order valence-electron chi connectivity index (χ3n) is 7.10. The zero-order chi connectivity index (χ0) is 26.3. The van der Waals surface area contributed by atoms with Crippen LogP contribution in [0.3, 0.4) is 0 Å². The van der Waals surface area contributed by atoms with Gasteiger partial charge in [0.15, 0.2) is 0 Å². The number of carbonyl (C=O) groups excluding carboxylic acids is 2. The van der Waals surface area contributed by atoms with Crippen LogP contribution in [0.5, 0.6) is 0 Å². The van der Waals surface area contributed by atoms with Crippen LogP contribution < -0.4 is 4.90 Å². The van der Waals surface area contributed by atoms with E-state index in [2.05, 4.69) is 33.8 Å². The van der Waals surface area contributed by atoms with Gasteiger partial charge in [-0.05, 0) is 54.5 Å². The highest BCUT2D eigenvalue weighted by Gasteiger charge is 2.40. The number of thioether (sulfide) groups is 1. The molecule has 9 heteroatoms. The van der Waals surface area contributed by atoms with Crippen molar-refractivity contribution in [2.45, 2.75) is 51.2 Å². The van der Waals surface area contributed by atoms with E-state index in [9.17, 15) is 14.0 Å². The number of amides is 2. The van der Waals surface area contributed by atoms with E-state index in [1.807, 2.05) is 16.3 Å². The number of hydrogen-bond donors (Lipinski definition) is 0. The second-order valence-electron chi connectivity index (χ2n) is 11.0. The van der Waals surface area contributed by atoms with E-state index in [1.165, 1.54) is 12.1 Å². The van der Waals surface area contributed by atoms with Crippen molar-refractivity contribution >= 4 is 40.7 Å². The molecule has 37 heavy (non-hydrogen) atoms. The minimum absolute atomic E-state index is 0.0333. The Morgan fingerprint density at radius 3 is 2.46 bits per heavy atom. The maximum Gasteiger partial charge on any atom is 0.242 e. The third-order valence-corrected chi connectivity index (χ3v) is 9.42. The summed E-state index contributed by atoms with van der Waals surface area (Å²) >= 11 is 3.24. The summed E-state index contributed by atoms with van der Waals surface area (Å²) < 4.78 is 15.6. The fraction of sp³-hybridized carbons (Fsp3) is 0.464. The molecule has 1 saturated heterocycles. The maximum absolute atomic E-state index is 13.8. The summed E-state index contributed by atoms with van der Waals surface area (Å²) in [5, 5.41) is 6.99. The summed E-state index contributed by atoms with van der Waals surface area (Å²) in [5.41, 5.74) is 2.16. The average molecular weight is 541 g/mol. The van der Waals surface area contributed by atoms with Gasteiger partial charge in [0.1, 0.15) is 18.2 Å². The lowest BCUT2D eigenvalue weighted by molar-refractivity contribution is -0.132. The number of hydrogen-bond acceptors (Lipinski definition) is 5. The minimum Gasteiger partial charge on any atom is -0.341 e. The van der Waals surface area contributed by atoms with Crippen molar-refractivity contribution in [1.29, 1.82) is 0 Å². The molecule has 2 aliphatic heterocycles. The highest BCUT2D eigenvalue weighted by Crippen LogP contribution is 2.49. The summed E-state index contributed by atoms with van der Waals surface area (Å²) in [6.07, 6.45) is 1.95. The fourth-order valence-electron chi connectivity index (χ4n) is 4.99. The zero-order valence-corrected chi connectivity index (χ0v) is 23.4. The number of carbonyl (C=O) groups is 2. The van der Waals surface area contributed by atoms with Gasteiger partial charge in [-0.1, -0.05) is 33.8 Å². The van der Waals surface area contributed by atoms with Crippen LogP contribution in [0.2, 0.25) is 0 Å². The van der Waals surface area contributed by atoms with Gasteiger partial charge >= 0.3 is 0 Å². The van der Waals surface area contributed by atoms with Crippen LogP contribution in [0.25, 0.3) is 5.69 Å². The Morgan fingerprint density at radius 1 is 1.14 bits per heavy atom. The van der Waals surface area contributed by atoms with E-state index in [4.69, 9.17) is 5.10 Å². The number of benzene rings is 1. The first kappa shape index (κ1) is 26.0. The molecular formula is C28H33FN4O2S2. The maximum atomic E-state index is 13.8. The standard InChI is InChI=1S/C28H33FN4O2S2/c1-18-11-13-31(14-12-18)22(34)16-32-23(35)17-37-25(21-6-5-15-36-21)24-26(28(2,3)4)30-33(27(24)32)20-9-7-19(29)8-10-20/h5-10,15,18,25H,11-14,16-17H2,1-4H3/t25-/m1/s1. The Morgan fingerprint density at radius 2 is 1.84 bits per heavy atom. The van der Waals surface area contributed by atoms with Crippen LogP contribution in [0, 0.1) is 11.7 Å². The van der Waals surface area contributed by atoms with Gasteiger partial charge in [0.2, 0.25) is 11.8 Å². The van der Waals surface area contributed by atoms with Crippen molar-refractivity contribution in [2.24, 2.45) is 5.92 Å². The quantitative estimate of drug-likeness (QED) is 0.420. The number of halogens is 1. The van der Waals surface area contributed by atoms with Crippen molar-refractivity contribution in [2.75, 3.05) is 30.3 Å². The van der Waals surface area contributed by atoms with E-state index in [0.29, 0.717) is 30.5 Å². The molecule has 6 nitrogen and oxygen atoms in total. The Labute approximate surface area is 225 Å². The van der Waals surface area contributed by atoms with E-state index in [-0.39, 0.29) is 40.6 Å². The van der Waals surface area contributed by atoms with Crippen molar-refractivity contribution in [1.82, 2.24) is 14.7 Å². The van der Waals surface area contributed by atoms with Crippen molar-refractivity contribution in [3.8, 4) is 5.69 Å². The largest absolute Gasteiger partial charge is 0.341 e. The minimum atomic E-state index is -0.340. The molecule has 0 N–H and O–H groups in total. The number of rotatable bonds is 4. The normalized spacial score (nSPS) is 19.2. The van der Waals surface area contributed by atoms with Gasteiger partial charge in [-0.25, -0.2) is 9.07 Å². The molecular weight excluding hydrogens is 507 g/mol. The number of likely N-dealkylation sites (tertiary alicyclic amines) is 1. The Balaban J connectivity index is 1.68. The molecule has 0 saturated carbocycles. The molecule has 0 bridgehead atoms. The Bertz CT molecular complexity index is 1270. The Hall–Kier alpha value is -2.65. The summed E-state index contributed by atoms with van der Waals surface area (Å²) in [6, 6.07) is 10.2. The van der Waals surface area contributed by atoms with Gasteiger partial charge in [-0.2, -0.15) is 5.10 Å². The number of fused-ring (bicyclic) bond motifs is 1. The summed E-state index contributed by atoms with van der Waals surface area (Å²) in [5.74, 6) is 0.973.